The Morgan fingerprint density at radius 2 is 2.17 bits per heavy atom. The van der Waals surface area contributed by atoms with Gasteiger partial charge in [-0.25, -0.2) is 9.97 Å². The summed E-state index contributed by atoms with van der Waals surface area (Å²) in [4.78, 5) is 19.0. The number of halogens is 3. The minimum atomic E-state index is -4.83. The van der Waals surface area contributed by atoms with Crippen molar-refractivity contribution in [2.24, 2.45) is 0 Å². The van der Waals surface area contributed by atoms with Gasteiger partial charge in [0, 0.05) is 12.7 Å². The molecule has 0 fully saturated rings. The van der Waals surface area contributed by atoms with Crippen molar-refractivity contribution in [1.29, 1.82) is 0 Å². The molecule has 0 aliphatic rings. The average molecular weight is 257 g/mol. The van der Waals surface area contributed by atoms with E-state index in [1.165, 1.54) is 10.8 Å². The molecule has 0 spiro atoms. The molecule has 0 bridgehead atoms. The summed E-state index contributed by atoms with van der Waals surface area (Å²) in [5, 5.41) is 0. The predicted octanol–water partition coefficient (Wildman–Crippen LogP) is 2.13. The lowest BCUT2D eigenvalue weighted by atomic mass is 10.2. The van der Waals surface area contributed by atoms with Crippen molar-refractivity contribution in [3.8, 4) is 0 Å². The van der Waals surface area contributed by atoms with Crippen LogP contribution in [0.4, 0.5) is 13.2 Å². The van der Waals surface area contributed by atoms with Crippen LogP contribution in [0.5, 0.6) is 0 Å². The van der Waals surface area contributed by atoms with E-state index in [0.29, 0.717) is 17.7 Å². The molecule has 0 saturated carbocycles. The molecule has 18 heavy (non-hydrogen) atoms. The lowest BCUT2D eigenvalue weighted by Gasteiger charge is -2.06. The van der Waals surface area contributed by atoms with Crippen LogP contribution in [-0.4, -0.2) is 26.5 Å². The van der Waals surface area contributed by atoms with Crippen molar-refractivity contribution in [3.05, 3.63) is 24.2 Å². The SMILES string of the molecule is CCn1c(CC(=O)C(F)(F)F)nc2cccnc21. The second-order valence-electron chi connectivity index (χ2n) is 3.72. The second-order valence-corrected chi connectivity index (χ2v) is 3.72. The monoisotopic (exact) mass is 257 g/mol. The van der Waals surface area contributed by atoms with Crippen molar-refractivity contribution in [2.75, 3.05) is 0 Å². The van der Waals surface area contributed by atoms with Gasteiger partial charge in [-0.15, -0.1) is 0 Å². The number of fused-ring (bicyclic) bond motifs is 1. The Labute approximate surface area is 100 Å². The Morgan fingerprint density at radius 3 is 2.78 bits per heavy atom. The summed E-state index contributed by atoms with van der Waals surface area (Å²) >= 11 is 0. The Hall–Kier alpha value is -1.92. The molecule has 0 radical (unpaired) electrons. The fourth-order valence-corrected chi connectivity index (χ4v) is 1.72. The highest BCUT2D eigenvalue weighted by molar-refractivity contribution is 5.86. The smallest absolute Gasteiger partial charge is 0.313 e. The first-order valence-corrected chi connectivity index (χ1v) is 5.33. The van der Waals surface area contributed by atoms with Crippen LogP contribution in [0.15, 0.2) is 18.3 Å². The molecule has 0 unspecified atom stereocenters. The van der Waals surface area contributed by atoms with Crippen molar-refractivity contribution in [1.82, 2.24) is 14.5 Å². The number of alkyl halides is 3. The van der Waals surface area contributed by atoms with E-state index in [2.05, 4.69) is 9.97 Å². The molecule has 4 nitrogen and oxygen atoms in total. The lowest BCUT2D eigenvalue weighted by Crippen LogP contribution is -2.26. The number of nitrogens with zero attached hydrogens (tertiary/aromatic N) is 3. The molecule has 0 N–H and O–H groups in total. The van der Waals surface area contributed by atoms with Gasteiger partial charge in [-0.2, -0.15) is 13.2 Å². The number of carbonyl (C=O) groups excluding carboxylic acids is 1. The summed E-state index contributed by atoms with van der Waals surface area (Å²) in [6, 6.07) is 3.29. The number of pyridine rings is 1. The highest BCUT2D eigenvalue weighted by Crippen LogP contribution is 2.20. The molecule has 0 amide bonds. The maximum Gasteiger partial charge on any atom is 0.450 e. The standard InChI is InChI=1S/C11H10F3N3O/c1-2-17-9(6-8(18)11(12,13)14)16-7-4-3-5-15-10(7)17/h3-5H,2,6H2,1H3. The molecule has 0 aromatic carbocycles. The number of hydrogen-bond acceptors (Lipinski definition) is 3. The number of rotatable bonds is 3. The minimum absolute atomic E-state index is 0.0912. The first-order valence-electron chi connectivity index (χ1n) is 5.33. The van der Waals surface area contributed by atoms with Crippen LogP contribution in [0.3, 0.4) is 0 Å². The van der Waals surface area contributed by atoms with Crippen LogP contribution in [0.25, 0.3) is 11.2 Å². The van der Waals surface area contributed by atoms with Crippen molar-refractivity contribution < 1.29 is 18.0 Å². The summed E-state index contributed by atoms with van der Waals surface area (Å²) in [6.45, 7) is 2.17. The summed E-state index contributed by atoms with van der Waals surface area (Å²) < 4.78 is 38.2. The van der Waals surface area contributed by atoms with Gasteiger partial charge in [0.2, 0.25) is 5.78 Å². The van der Waals surface area contributed by atoms with Gasteiger partial charge < -0.3 is 4.57 Å². The van der Waals surface area contributed by atoms with Crippen LogP contribution < -0.4 is 0 Å². The summed E-state index contributed by atoms with van der Waals surface area (Å²) in [5.74, 6) is -1.71. The van der Waals surface area contributed by atoms with E-state index in [-0.39, 0.29) is 5.82 Å². The summed E-state index contributed by atoms with van der Waals surface area (Å²) in [5.41, 5.74) is 0.981. The number of hydrogen-bond donors (Lipinski definition) is 0. The van der Waals surface area contributed by atoms with Gasteiger partial charge in [0.15, 0.2) is 5.65 Å². The number of ketones is 1. The molecule has 7 heteroatoms. The van der Waals surface area contributed by atoms with Crippen LogP contribution in [0, 0.1) is 0 Å². The number of carbonyl (C=O) groups is 1. The predicted molar refractivity (Wildman–Crippen MR) is 58.0 cm³/mol. The first-order chi connectivity index (χ1) is 8.43. The maximum atomic E-state index is 12.2. The maximum absolute atomic E-state index is 12.2. The van der Waals surface area contributed by atoms with E-state index in [4.69, 9.17) is 0 Å². The first kappa shape index (κ1) is 12.5. The summed E-state index contributed by atoms with van der Waals surface area (Å²) in [6.07, 6.45) is -4.05. The van der Waals surface area contributed by atoms with E-state index in [1.807, 2.05) is 0 Å². The van der Waals surface area contributed by atoms with E-state index in [0.717, 1.165) is 0 Å². The molecule has 2 aromatic rings. The molecule has 0 aliphatic carbocycles. The minimum Gasteiger partial charge on any atom is -0.313 e. The van der Waals surface area contributed by atoms with Crippen molar-refractivity contribution in [3.63, 3.8) is 0 Å². The quantitative estimate of drug-likeness (QED) is 0.846. The van der Waals surface area contributed by atoms with Gasteiger partial charge in [-0.1, -0.05) is 0 Å². The van der Waals surface area contributed by atoms with Crippen LogP contribution >= 0.6 is 0 Å². The fourth-order valence-electron chi connectivity index (χ4n) is 1.72. The fraction of sp³-hybridized carbons (Fsp3) is 0.364. The Morgan fingerprint density at radius 1 is 1.44 bits per heavy atom. The number of Topliss-reactive ketones (excluding diaryl/α,β-unsaturated/α-hetero) is 1. The van der Waals surface area contributed by atoms with Gasteiger partial charge in [-0.3, -0.25) is 4.79 Å². The van der Waals surface area contributed by atoms with Gasteiger partial charge in [-0.05, 0) is 19.1 Å². The molecule has 0 saturated heterocycles. The third-order valence-corrected chi connectivity index (χ3v) is 2.53. The summed E-state index contributed by atoms with van der Waals surface area (Å²) in [7, 11) is 0. The van der Waals surface area contributed by atoms with E-state index in [9.17, 15) is 18.0 Å². The molecule has 96 valence electrons. The zero-order valence-corrected chi connectivity index (χ0v) is 9.53. The van der Waals surface area contributed by atoms with Crippen LogP contribution in [0.2, 0.25) is 0 Å². The molecule has 0 aliphatic heterocycles. The molecular weight excluding hydrogens is 247 g/mol. The topological polar surface area (TPSA) is 47.8 Å². The highest BCUT2D eigenvalue weighted by Gasteiger charge is 2.38. The van der Waals surface area contributed by atoms with Gasteiger partial charge >= 0.3 is 6.18 Å². The Bertz CT molecular complexity index is 589. The second kappa shape index (κ2) is 4.40. The molecule has 0 atom stereocenters. The Kier molecular flexibility index (Phi) is 3.06. The zero-order valence-electron chi connectivity index (χ0n) is 9.53. The van der Waals surface area contributed by atoms with Crippen LogP contribution in [-0.2, 0) is 17.8 Å². The third kappa shape index (κ3) is 2.20. The van der Waals surface area contributed by atoms with Crippen molar-refractivity contribution >= 4 is 16.9 Å². The highest BCUT2D eigenvalue weighted by atomic mass is 19.4. The Balaban J connectivity index is 2.42. The zero-order chi connectivity index (χ0) is 13.3. The molecule has 2 heterocycles. The number of imidazole rings is 1. The van der Waals surface area contributed by atoms with E-state index < -0.39 is 18.4 Å². The molecule has 2 rings (SSSR count). The third-order valence-electron chi connectivity index (χ3n) is 2.53. The van der Waals surface area contributed by atoms with Gasteiger partial charge in [0.1, 0.15) is 11.3 Å². The van der Waals surface area contributed by atoms with E-state index in [1.54, 1.807) is 19.1 Å². The molecule has 2 aromatic heterocycles. The largest absolute Gasteiger partial charge is 0.450 e. The van der Waals surface area contributed by atoms with Gasteiger partial charge in [0.05, 0.1) is 6.42 Å². The molecular formula is C11H10F3N3O. The normalized spacial score (nSPS) is 12.0. The van der Waals surface area contributed by atoms with E-state index >= 15 is 0 Å². The number of aryl methyl sites for hydroxylation is 1. The number of aromatic nitrogens is 3. The van der Waals surface area contributed by atoms with Gasteiger partial charge in [0.25, 0.3) is 0 Å². The van der Waals surface area contributed by atoms with Crippen LogP contribution in [0.1, 0.15) is 12.7 Å². The average Bonchev–Trinajstić information content (AvgIpc) is 2.64. The lowest BCUT2D eigenvalue weighted by molar-refractivity contribution is -0.170. The van der Waals surface area contributed by atoms with Crippen molar-refractivity contribution in [2.45, 2.75) is 26.1 Å².